The Kier molecular flexibility index (Phi) is 32.9. The number of ether oxygens (including phenoxy) is 1. The van der Waals surface area contributed by atoms with Gasteiger partial charge in [0.2, 0.25) is 0 Å². The van der Waals surface area contributed by atoms with Crippen LogP contribution in [0.2, 0.25) is 0 Å². The molecule has 1 heteroatoms. The summed E-state index contributed by atoms with van der Waals surface area (Å²) in [5.74, 6) is 0. The molecule has 0 aromatic heterocycles. The molecule has 0 rings (SSSR count). The van der Waals surface area contributed by atoms with Crippen molar-refractivity contribution in [2.45, 2.75) is 142 Å². The van der Waals surface area contributed by atoms with Crippen molar-refractivity contribution in [3.05, 3.63) is 72.9 Å². The van der Waals surface area contributed by atoms with Gasteiger partial charge in [-0.2, -0.15) is 0 Å². The summed E-state index contributed by atoms with van der Waals surface area (Å²) in [5.41, 5.74) is 0. The van der Waals surface area contributed by atoms with Crippen LogP contribution in [0, 0.1) is 0 Å². The van der Waals surface area contributed by atoms with E-state index in [1.165, 1.54) is 89.9 Å². The number of unbranched alkanes of at least 4 members (excludes halogenated alkanes) is 12. The summed E-state index contributed by atoms with van der Waals surface area (Å²) in [6.07, 6.45) is 52.4. The van der Waals surface area contributed by atoms with Gasteiger partial charge in [-0.3, -0.25) is 0 Å². The molecule has 0 spiro atoms. The van der Waals surface area contributed by atoms with Gasteiger partial charge in [-0.05, 0) is 77.0 Å². The highest BCUT2D eigenvalue weighted by atomic mass is 16.5. The fourth-order valence-electron chi connectivity index (χ4n) is 4.10. The Hall–Kier alpha value is -1.60. The van der Waals surface area contributed by atoms with E-state index in [0.717, 1.165) is 51.7 Å². The number of rotatable bonds is 28. The fourth-order valence-corrected chi connectivity index (χ4v) is 4.10. The van der Waals surface area contributed by atoms with Gasteiger partial charge >= 0.3 is 0 Å². The lowest BCUT2D eigenvalue weighted by Crippen LogP contribution is -1.97. The Morgan fingerprint density at radius 1 is 0.324 bits per heavy atom. The monoisotopic (exact) mass is 510 g/mol. The van der Waals surface area contributed by atoms with Crippen molar-refractivity contribution in [3.63, 3.8) is 0 Å². The third-order valence-electron chi connectivity index (χ3n) is 6.38. The van der Waals surface area contributed by atoms with Gasteiger partial charge in [-0.15, -0.1) is 0 Å². The molecule has 0 fully saturated rings. The van der Waals surface area contributed by atoms with Crippen LogP contribution in [-0.4, -0.2) is 13.2 Å². The molecule has 0 atom stereocenters. The Balaban J connectivity index is 3.19. The van der Waals surface area contributed by atoms with Crippen LogP contribution in [0.4, 0.5) is 0 Å². The molecule has 0 aliphatic rings. The van der Waals surface area contributed by atoms with E-state index >= 15 is 0 Å². The summed E-state index contributed by atoms with van der Waals surface area (Å²) in [4.78, 5) is 0. The van der Waals surface area contributed by atoms with Gasteiger partial charge < -0.3 is 4.74 Å². The van der Waals surface area contributed by atoms with Crippen LogP contribution in [0.25, 0.3) is 0 Å². The van der Waals surface area contributed by atoms with Gasteiger partial charge in [-0.1, -0.05) is 138 Å². The summed E-state index contributed by atoms with van der Waals surface area (Å²) in [5, 5.41) is 0. The molecule has 0 amide bonds. The van der Waals surface area contributed by atoms with E-state index in [0.29, 0.717) is 0 Å². The maximum Gasteiger partial charge on any atom is 0.0466 e. The molecule has 0 bridgehead atoms. The molecule has 0 saturated carbocycles. The molecule has 0 aliphatic heterocycles. The van der Waals surface area contributed by atoms with Crippen molar-refractivity contribution < 1.29 is 4.74 Å². The third kappa shape index (κ3) is 34.4. The highest BCUT2D eigenvalue weighted by molar-refractivity contribution is 4.97. The van der Waals surface area contributed by atoms with Gasteiger partial charge in [0, 0.05) is 13.2 Å². The molecule has 0 aromatic carbocycles. The van der Waals surface area contributed by atoms with Gasteiger partial charge in [0.05, 0.1) is 0 Å². The van der Waals surface area contributed by atoms with E-state index in [1.54, 1.807) is 0 Å². The first-order valence-corrected chi connectivity index (χ1v) is 15.9. The first-order valence-electron chi connectivity index (χ1n) is 15.9. The van der Waals surface area contributed by atoms with Crippen LogP contribution in [0.15, 0.2) is 72.9 Å². The van der Waals surface area contributed by atoms with Crippen molar-refractivity contribution >= 4 is 0 Å². The molecular weight excluding hydrogens is 448 g/mol. The first kappa shape index (κ1) is 35.4. The lowest BCUT2D eigenvalue weighted by atomic mass is 10.1. The Bertz CT molecular complexity index is 538. The number of hydrogen-bond acceptors (Lipinski definition) is 1. The minimum atomic E-state index is 0.960. The number of hydrogen-bond donors (Lipinski definition) is 0. The van der Waals surface area contributed by atoms with E-state index in [-0.39, 0.29) is 0 Å². The van der Waals surface area contributed by atoms with Crippen molar-refractivity contribution in [1.82, 2.24) is 0 Å². The van der Waals surface area contributed by atoms with E-state index in [1.807, 2.05) is 0 Å². The minimum absolute atomic E-state index is 0.960. The van der Waals surface area contributed by atoms with Gasteiger partial charge in [-0.25, -0.2) is 0 Å². The molecule has 0 aromatic rings. The molecule has 0 N–H and O–H groups in total. The van der Waals surface area contributed by atoms with E-state index < -0.39 is 0 Å². The van der Waals surface area contributed by atoms with Crippen molar-refractivity contribution in [1.29, 1.82) is 0 Å². The Morgan fingerprint density at radius 2 is 0.622 bits per heavy atom. The predicted molar refractivity (Wildman–Crippen MR) is 169 cm³/mol. The summed E-state index contributed by atoms with van der Waals surface area (Å²) in [6.45, 7) is 6.28. The van der Waals surface area contributed by atoms with E-state index in [4.69, 9.17) is 4.74 Å². The zero-order chi connectivity index (χ0) is 26.7. The van der Waals surface area contributed by atoms with Crippen molar-refractivity contribution in [2.24, 2.45) is 0 Å². The molecule has 0 radical (unpaired) electrons. The normalized spacial score (nSPS) is 12.8. The molecule has 0 saturated heterocycles. The third-order valence-corrected chi connectivity index (χ3v) is 6.38. The molecular formula is C36H62O. The van der Waals surface area contributed by atoms with Crippen molar-refractivity contribution in [3.8, 4) is 0 Å². The smallest absolute Gasteiger partial charge is 0.0466 e. The molecule has 37 heavy (non-hydrogen) atoms. The van der Waals surface area contributed by atoms with Crippen LogP contribution >= 0.6 is 0 Å². The van der Waals surface area contributed by atoms with Crippen LogP contribution < -0.4 is 0 Å². The Morgan fingerprint density at radius 3 is 1.00 bits per heavy atom. The minimum Gasteiger partial charge on any atom is -0.381 e. The summed E-state index contributed by atoms with van der Waals surface area (Å²) in [6, 6.07) is 0. The molecule has 212 valence electrons. The number of allylic oxidation sites excluding steroid dienone is 12. The summed E-state index contributed by atoms with van der Waals surface area (Å²) < 4.78 is 5.84. The lowest BCUT2D eigenvalue weighted by molar-refractivity contribution is 0.125. The molecule has 0 heterocycles. The van der Waals surface area contributed by atoms with E-state index in [2.05, 4.69) is 86.8 Å². The molecule has 0 aliphatic carbocycles. The van der Waals surface area contributed by atoms with Crippen LogP contribution in [0.1, 0.15) is 142 Å². The average Bonchev–Trinajstić information content (AvgIpc) is 2.91. The molecule has 0 unspecified atom stereocenters. The average molecular weight is 511 g/mol. The Labute approximate surface area is 232 Å². The second-order valence-electron chi connectivity index (χ2n) is 10.0. The second-order valence-corrected chi connectivity index (χ2v) is 10.0. The van der Waals surface area contributed by atoms with Crippen LogP contribution in [-0.2, 0) is 4.74 Å². The second kappa shape index (κ2) is 34.4. The van der Waals surface area contributed by atoms with Gasteiger partial charge in [0.1, 0.15) is 0 Å². The van der Waals surface area contributed by atoms with Crippen molar-refractivity contribution in [2.75, 3.05) is 13.2 Å². The standard InChI is InChI=1S/C36H62O/c1-3-5-7-9-11-13-15-17-19-21-23-25-27-29-31-33-35-37-36-34-32-30-28-26-24-22-20-18-16-14-12-10-8-6-4-2/h5-8,11-14,17-20H,3-4,9-10,15-16,21-36H2,1-2H3. The first-order chi connectivity index (χ1) is 18.4. The van der Waals surface area contributed by atoms with Crippen LogP contribution in [0.5, 0.6) is 0 Å². The van der Waals surface area contributed by atoms with Gasteiger partial charge in [0.15, 0.2) is 0 Å². The quantitative estimate of drug-likeness (QED) is 0.0751. The highest BCUT2D eigenvalue weighted by Crippen LogP contribution is 2.10. The topological polar surface area (TPSA) is 9.23 Å². The summed E-state index contributed by atoms with van der Waals surface area (Å²) in [7, 11) is 0. The van der Waals surface area contributed by atoms with E-state index in [9.17, 15) is 0 Å². The maximum absolute atomic E-state index is 5.84. The largest absolute Gasteiger partial charge is 0.381 e. The van der Waals surface area contributed by atoms with Gasteiger partial charge in [0.25, 0.3) is 0 Å². The summed E-state index contributed by atoms with van der Waals surface area (Å²) >= 11 is 0. The maximum atomic E-state index is 5.84. The predicted octanol–water partition coefficient (Wildman–Crippen LogP) is 12.2. The fraction of sp³-hybridized carbons (Fsp3) is 0.667. The molecule has 1 nitrogen and oxygen atoms in total. The SMILES string of the molecule is CCC=CCC=CCC=CCCCCCCCCOCCCCCCCCC=CCC=CCC=CCC. The lowest BCUT2D eigenvalue weighted by Gasteiger charge is -2.05. The highest BCUT2D eigenvalue weighted by Gasteiger charge is 1.94. The zero-order valence-electron chi connectivity index (χ0n) is 24.9. The zero-order valence-corrected chi connectivity index (χ0v) is 24.9. The van der Waals surface area contributed by atoms with Crippen LogP contribution in [0.3, 0.4) is 0 Å².